The largest absolute Gasteiger partial charge is 0.444 e. The number of anilines is 3. The van der Waals surface area contributed by atoms with Crippen molar-refractivity contribution in [1.29, 1.82) is 0 Å². The van der Waals surface area contributed by atoms with Crippen molar-refractivity contribution in [2.75, 3.05) is 10.6 Å². The van der Waals surface area contributed by atoms with Crippen LogP contribution in [0.5, 0.6) is 0 Å². The summed E-state index contributed by atoms with van der Waals surface area (Å²) >= 11 is 6.08. The highest BCUT2D eigenvalue weighted by Crippen LogP contribution is 2.26. The van der Waals surface area contributed by atoms with Gasteiger partial charge in [-0.05, 0) is 44.4 Å². The average Bonchev–Trinajstić information content (AvgIpc) is 2.55. The van der Waals surface area contributed by atoms with Gasteiger partial charge in [0.05, 0.1) is 18.1 Å². The predicted molar refractivity (Wildman–Crippen MR) is 102 cm³/mol. The van der Waals surface area contributed by atoms with Crippen LogP contribution in [-0.2, 0) is 4.74 Å². The van der Waals surface area contributed by atoms with E-state index in [1.54, 1.807) is 39.4 Å². The number of carbonyl (C=O) groups excluding carboxylic acids is 1. The first-order valence-electron chi connectivity index (χ1n) is 7.93. The molecule has 2 N–H and O–H groups in total. The maximum atomic E-state index is 11.7. The van der Waals surface area contributed by atoms with Gasteiger partial charge < -0.3 is 10.1 Å². The van der Waals surface area contributed by atoms with Crippen molar-refractivity contribution in [3.8, 4) is 0 Å². The van der Waals surface area contributed by atoms with Crippen molar-refractivity contribution in [1.82, 2.24) is 15.0 Å². The van der Waals surface area contributed by atoms with Crippen LogP contribution >= 0.6 is 11.6 Å². The van der Waals surface area contributed by atoms with Crippen LogP contribution in [0.15, 0.2) is 42.9 Å². The molecule has 3 rings (SSSR count). The Hall–Kier alpha value is -2.93. The van der Waals surface area contributed by atoms with Gasteiger partial charge in [-0.3, -0.25) is 5.32 Å². The van der Waals surface area contributed by atoms with E-state index in [1.807, 2.05) is 24.3 Å². The fourth-order valence-electron chi connectivity index (χ4n) is 2.23. The minimum Gasteiger partial charge on any atom is -0.444 e. The lowest BCUT2D eigenvalue weighted by molar-refractivity contribution is 0.0634. The number of nitrogens with one attached hydrogen (secondary N) is 2. The molecule has 0 saturated carbocycles. The summed E-state index contributed by atoms with van der Waals surface area (Å²) < 4.78 is 5.16. The summed E-state index contributed by atoms with van der Waals surface area (Å²) in [4.78, 5) is 24.3. The quantitative estimate of drug-likeness (QED) is 0.689. The summed E-state index contributed by atoms with van der Waals surface area (Å²) in [6.45, 7) is 5.34. The molecule has 0 bridgehead atoms. The summed E-state index contributed by atoms with van der Waals surface area (Å²) in [5.74, 6) is 0.792. The maximum absolute atomic E-state index is 11.7. The van der Waals surface area contributed by atoms with Crippen molar-refractivity contribution >= 4 is 45.9 Å². The molecule has 8 heteroatoms. The lowest BCUT2D eigenvalue weighted by atomic mass is 10.1. The molecule has 0 spiro atoms. The van der Waals surface area contributed by atoms with Crippen LogP contribution in [0, 0.1) is 0 Å². The second-order valence-corrected chi connectivity index (χ2v) is 7.01. The number of carbonyl (C=O) groups is 1. The fraction of sp³-hybridized carbons (Fsp3) is 0.222. The van der Waals surface area contributed by atoms with E-state index in [9.17, 15) is 4.79 Å². The molecular formula is C18H18ClN5O2. The van der Waals surface area contributed by atoms with Crippen LogP contribution in [0.3, 0.4) is 0 Å². The number of halogens is 1. The van der Waals surface area contributed by atoms with Crippen LogP contribution in [-0.4, -0.2) is 26.6 Å². The van der Waals surface area contributed by atoms with E-state index in [2.05, 4.69) is 25.6 Å². The van der Waals surface area contributed by atoms with Crippen LogP contribution in [0.4, 0.5) is 22.2 Å². The van der Waals surface area contributed by atoms with Gasteiger partial charge in [-0.1, -0.05) is 17.7 Å². The molecular weight excluding hydrogens is 354 g/mol. The lowest BCUT2D eigenvalue weighted by Gasteiger charge is -2.19. The summed E-state index contributed by atoms with van der Waals surface area (Å²) in [5.41, 5.74) is 0.0343. The zero-order valence-corrected chi connectivity index (χ0v) is 15.3. The molecule has 0 saturated heterocycles. The van der Waals surface area contributed by atoms with Gasteiger partial charge in [-0.15, -0.1) is 0 Å². The Balaban J connectivity index is 1.74. The van der Waals surface area contributed by atoms with E-state index in [1.165, 1.54) is 0 Å². The molecule has 2 aromatic heterocycles. The molecule has 3 aromatic rings. The minimum absolute atomic E-state index is 0.152. The standard InChI is InChI=1S/C18H18ClN5O2/c1-18(2,3)26-17(25)24-16-21-9-13(10-22-16)23-15-14-8-12(19)5-4-11(14)6-7-20-15/h4-10H,1-3H3,(H,20,23)(H,21,22,24,25). The number of ether oxygens (including phenoxy) is 1. The molecule has 0 atom stereocenters. The smallest absolute Gasteiger partial charge is 0.414 e. The molecule has 1 aromatic carbocycles. The molecule has 26 heavy (non-hydrogen) atoms. The van der Waals surface area contributed by atoms with Crippen molar-refractivity contribution < 1.29 is 9.53 Å². The number of hydrogen-bond donors (Lipinski definition) is 2. The van der Waals surface area contributed by atoms with Crippen molar-refractivity contribution in [3.05, 3.63) is 47.9 Å². The minimum atomic E-state index is -0.608. The third-order valence-electron chi connectivity index (χ3n) is 3.26. The van der Waals surface area contributed by atoms with Gasteiger partial charge in [0.25, 0.3) is 0 Å². The number of hydrogen-bond acceptors (Lipinski definition) is 6. The van der Waals surface area contributed by atoms with E-state index in [0.29, 0.717) is 16.5 Å². The van der Waals surface area contributed by atoms with Crippen LogP contribution < -0.4 is 10.6 Å². The third-order valence-corrected chi connectivity index (χ3v) is 3.49. The van der Waals surface area contributed by atoms with E-state index in [4.69, 9.17) is 16.3 Å². The zero-order chi connectivity index (χ0) is 18.7. The predicted octanol–water partition coefficient (Wildman–Crippen LogP) is 4.77. The molecule has 7 nitrogen and oxygen atoms in total. The van der Waals surface area contributed by atoms with Crippen molar-refractivity contribution in [2.24, 2.45) is 0 Å². The maximum Gasteiger partial charge on any atom is 0.414 e. The van der Waals surface area contributed by atoms with E-state index >= 15 is 0 Å². The Morgan fingerprint density at radius 1 is 1.12 bits per heavy atom. The number of fused-ring (bicyclic) bond motifs is 1. The molecule has 0 aliphatic heterocycles. The molecule has 2 heterocycles. The first-order chi connectivity index (χ1) is 12.3. The molecule has 0 aliphatic rings. The number of rotatable bonds is 3. The van der Waals surface area contributed by atoms with Gasteiger partial charge >= 0.3 is 6.09 Å². The fourth-order valence-corrected chi connectivity index (χ4v) is 2.40. The highest BCUT2D eigenvalue weighted by molar-refractivity contribution is 6.31. The Morgan fingerprint density at radius 2 is 1.85 bits per heavy atom. The molecule has 0 unspecified atom stereocenters. The van der Waals surface area contributed by atoms with E-state index < -0.39 is 11.7 Å². The highest BCUT2D eigenvalue weighted by atomic mass is 35.5. The topological polar surface area (TPSA) is 89.0 Å². The van der Waals surface area contributed by atoms with Gasteiger partial charge in [0.15, 0.2) is 0 Å². The van der Waals surface area contributed by atoms with Crippen LogP contribution in [0.2, 0.25) is 5.02 Å². The summed E-state index contributed by atoms with van der Waals surface area (Å²) in [6.07, 6.45) is 4.19. The Kier molecular flexibility index (Phi) is 4.90. The van der Waals surface area contributed by atoms with Crippen LogP contribution in [0.1, 0.15) is 20.8 Å². The van der Waals surface area contributed by atoms with Crippen LogP contribution in [0.25, 0.3) is 10.8 Å². The number of benzene rings is 1. The van der Waals surface area contributed by atoms with E-state index in [-0.39, 0.29) is 5.95 Å². The van der Waals surface area contributed by atoms with Crippen molar-refractivity contribution in [2.45, 2.75) is 26.4 Å². The Labute approximate surface area is 155 Å². The van der Waals surface area contributed by atoms with Gasteiger partial charge in [-0.2, -0.15) is 0 Å². The van der Waals surface area contributed by atoms with E-state index in [0.717, 1.165) is 10.8 Å². The van der Waals surface area contributed by atoms with Gasteiger partial charge in [0.1, 0.15) is 11.4 Å². The first kappa shape index (κ1) is 17.9. The van der Waals surface area contributed by atoms with Gasteiger partial charge in [-0.25, -0.2) is 19.7 Å². The summed E-state index contributed by atoms with van der Waals surface area (Å²) in [6, 6.07) is 7.50. The third kappa shape index (κ3) is 4.58. The average molecular weight is 372 g/mol. The second-order valence-electron chi connectivity index (χ2n) is 6.57. The Morgan fingerprint density at radius 3 is 2.54 bits per heavy atom. The van der Waals surface area contributed by atoms with Crippen molar-refractivity contribution in [3.63, 3.8) is 0 Å². The first-order valence-corrected chi connectivity index (χ1v) is 8.31. The van der Waals surface area contributed by atoms with Gasteiger partial charge in [0.2, 0.25) is 5.95 Å². The Bertz CT molecular complexity index is 938. The molecule has 0 fully saturated rings. The number of pyridine rings is 1. The SMILES string of the molecule is CC(C)(C)OC(=O)Nc1ncc(Nc2nccc3ccc(Cl)cc23)cn1. The number of amides is 1. The summed E-state index contributed by atoms with van der Waals surface area (Å²) in [5, 5.41) is 8.16. The lowest BCUT2D eigenvalue weighted by Crippen LogP contribution is -2.27. The highest BCUT2D eigenvalue weighted by Gasteiger charge is 2.17. The summed E-state index contributed by atoms with van der Waals surface area (Å²) in [7, 11) is 0. The number of nitrogens with zero attached hydrogens (tertiary/aromatic N) is 3. The molecule has 0 radical (unpaired) electrons. The monoisotopic (exact) mass is 371 g/mol. The molecule has 0 aliphatic carbocycles. The molecule has 134 valence electrons. The number of aromatic nitrogens is 3. The normalized spacial score (nSPS) is 11.2. The zero-order valence-electron chi connectivity index (χ0n) is 14.6. The second kappa shape index (κ2) is 7.13. The van der Waals surface area contributed by atoms with Gasteiger partial charge in [0, 0.05) is 16.6 Å². The molecule has 1 amide bonds.